The first-order valence-corrected chi connectivity index (χ1v) is 8.64. The Morgan fingerprint density at radius 1 is 1.00 bits per heavy atom. The van der Waals surface area contributed by atoms with Crippen molar-refractivity contribution >= 4 is 10.0 Å². The second-order valence-corrected chi connectivity index (χ2v) is 7.39. The van der Waals surface area contributed by atoms with Gasteiger partial charge >= 0.3 is 0 Å². The largest absolute Gasteiger partial charge is 0.243 e. The first-order chi connectivity index (χ1) is 10.1. The maximum Gasteiger partial charge on any atom is 0.243 e. The molecule has 0 aliphatic heterocycles. The van der Waals surface area contributed by atoms with Crippen molar-refractivity contribution in [3.05, 3.63) is 65.7 Å². The summed E-state index contributed by atoms with van der Waals surface area (Å²) < 4.78 is 27.6. The molecule has 0 N–H and O–H groups in total. The van der Waals surface area contributed by atoms with Crippen LogP contribution in [0.5, 0.6) is 0 Å². The highest BCUT2D eigenvalue weighted by Crippen LogP contribution is 2.34. The van der Waals surface area contributed by atoms with E-state index in [1.54, 1.807) is 16.4 Å². The van der Waals surface area contributed by atoms with Crippen LogP contribution in [0.1, 0.15) is 24.0 Å². The van der Waals surface area contributed by atoms with Crippen LogP contribution in [0.25, 0.3) is 0 Å². The van der Waals surface area contributed by atoms with Crippen LogP contribution >= 0.6 is 0 Å². The predicted octanol–water partition coefficient (Wildman–Crippen LogP) is 3.35. The van der Waals surface area contributed by atoms with Crippen molar-refractivity contribution < 1.29 is 8.42 Å². The van der Waals surface area contributed by atoms with Crippen LogP contribution in [-0.4, -0.2) is 18.8 Å². The van der Waals surface area contributed by atoms with Gasteiger partial charge in [0.05, 0.1) is 4.90 Å². The number of nitrogens with zero attached hydrogens (tertiary/aromatic N) is 1. The second kappa shape index (κ2) is 5.62. The molecule has 1 saturated carbocycles. The molecule has 0 atom stereocenters. The van der Waals surface area contributed by atoms with E-state index >= 15 is 0 Å². The molecule has 0 heterocycles. The summed E-state index contributed by atoms with van der Waals surface area (Å²) in [6, 6.07) is 17.1. The molecule has 0 radical (unpaired) electrons. The van der Waals surface area contributed by atoms with E-state index in [2.05, 4.69) is 0 Å². The Kier molecular flexibility index (Phi) is 3.83. The van der Waals surface area contributed by atoms with Gasteiger partial charge in [0.25, 0.3) is 0 Å². The average molecular weight is 301 g/mol. The van der Waals surface area contributed by atoms with E-state index < -0.39 is 10.0 Å². The third-order valence-electron chi connectivity index (χ3n) is 3.82. The molecule has 21 heavy (non-hydrogen) atoms. The van der Waals surface area contributed by atoms with Gasteiger partial charge in [0.15, 0.2) is 0 Å². The molecular weight excluding hydrogens is 282 g/mol. The van der Waals surface area contributed by atoms with Crippen molar-refractivity contribution in [2.24, 2.45) is 0 Å². The van der Waals surface area contributed by atoms with Gasteiger partial charge in [0, 0.05) is 12.6 Å². The van der Waals surface area contributed by atoms with Crippen LogP contribution in [0.15, 0.2) is 59.5 Å². The number of sulfonamides is 1. The lowest BCUT2D eigenvalue weighted by molar-refractivity contribution is 0.398. The zero-order chi connectivity index (χ0) is 14.9. The second-order valence-electron chi connectivity index (χ2n) is 5.53. The standard InChI is InChI=1S/C17H19NO2S/c1-14-7-5-6-10-17(14)21(19,20)18(16-11-12-16)13-15-8-3-2-4-9-15/h2-10,16H,11-13H2,1H3. The molecule has 0 saturated heterocycles. The van der Waals surface area contributed by atoms with Crippen LogP contribution in [0, 0.1) is 6.92 Å². The highest BCUT2D eigenvalue weighted by Gasteiger charge is 2.38. The fourth-order valence-electron chi connectivity index (χ4n) is 2.51. The lowest BCUT2D eigenvalue weighted by atomic mass is 10.2. The topological polar surface area (TPSA) is 37.4 Å². The van der Waals surface area contributed by atoms with Crippen molar-refractivity contribution in [2.75, 3.05) is 0 Å². The van der Waals surface area contributed by atoms with Gasteiger partial charge in [-0.25, -0.2) is 8.42 Å². The van der Waals surface area contributed by atoms with Crippen molar-refractivity contribution in [3.63, 3.8) is 0 Å². The fraction of sp³-hybridized carbons (Fsp3) is 0.294. The van der Waals surface area contributed by atoms with E-state index in [9.17, 15) is 8.42 Å². The lowest BCUT2D eigenvalue weighted by Gasteiger charge is -2.23. The van der Waals surface area contributed by atoms with Crippen molar-refractivity contribution in [3.8, 4) is 0 Å². The van der Waals surface area contributed by atoms with E-state index in [1.165, 1.54) is 0 Å². The van der Waals surface area contributed by atoms with Crippen molar-refractivity contribution in [1.82, 2.24) is 4.31 Å². The summed E-state index contributed by atoms with van der Waals surface area (Å²) in [7, 11) is -3.43. The monoisotopic (exact) mass is 301 g/mol. The quantitative estimate of drug-likeness (QED) is 0.849. The summed E-state index contributed by atoms with van der Waals surface area (Å²) in [5.74, 6) is 0. The highest BCUT2D eigenvalue weighted by molar-refractivity contribution is 7.89. The van der Waals surface area contributed by atoms with Gasteiger partial charge in [-0.15, -0.1) is 0 Å². The Morgan fingerprint density at radius 3 is 2.24 bits per heavy atom. The van der Waals surface area contributed by atoms with E-state index in [0.29, 0.717) is 11.4 Å². The van der Waals surface area contributed by atoms with E-state index in [4.69, 9.17) is 0 Å². The third kappa shape index (κ3) is 3.01. The minimum atomic E-state index is -3.43. The predicted molar refractivity (Wildman–Crippen MR) is 83.4 cm³/mol. The molecular formula is C17H19NO2S. The summed E-state index contributed by atoms with van der Waals surface area (Å²) in [6.45, 7) is 2.29. The van der Waals surface area contributed by atoms with E-state index in [0.717, 1.165) is 24.0 Å². The van der Waals surface area contributed by atoms with Gasteiger partial charge in [-0.05, 0) is 37.0 Å². The van der Waals surface area contributed by atoms with E-state index in [-0.39, 0.29) is 6.04 Å². The molecule has 0 amide bonds. The lowest BCUT2D eigenvalue weighted by Crippen LogP contribution is -2.33. The van der Waals surface area contributed by atoms with E-state index in [1.807, 2.05) is 49.4 Å². The zero-order valence-electron chi connectivity index (χ0n) is 12.1. The molecule has 0 spiro atoms. The van der Waals surface area contributed by atoms with Crippen molar-refractivity contribution in [2.45, 2.75) is 37.2 Å². The van der Waals surface area contributed by atoms with Gasteiger partial charge in [-0.1, -0.05) is 48.5 Å². The van der Waals surface area contributed by atoms with Crippen LogP contribution in [0.4, 0.5) is 0 Å². The summed E-state index contributed by atoms with van der Waals surface area (Å²) >= 11 is 0. The Balaban J connectivity index is 1.96. The summed E-state index contributed by atoms with van der Waals surface area (Å²) in [5, 5.41) is 0. The molecule has 2 aromatic carbocycles. The zero-order valence-corrected chi connectivity index (χ0v) is 12.9. The summed E-state index contributed by atoms with van der Waals surface area (Å²) in [4.78, 5) is 0.424. The Bertz CT molecular complexity index is 721. The minimum absolute atomic E-state index is 0.148. The van der Waals surface area contributed by atoms with Gasteiger partial charge in [0.1, 0.15) is 0 Å². The van der Waals surface area contributed by atoms with Gasteiger partial charge in [-0.2, -0.15) is 4.31 Å². The Morgan fingerprint density at radius 2 is 1.62 bits per heavy atom. The van der Waals surface area contributed by atoms with Crippen LogP contribution in [0.2, 0.25) is 0 Å². The molecule has 1 aliphatic rings. The molecule has 1 fully saturated rings. The normalized spacial score (nSPS) is 15.3. The first kappa shape index (κ1) is 14.3. The number of hydrogen-bond acceptors (Lipinski definition) is 2. The third-order valence-corrected chi connectivity index (χ3v) is 5.87. The number of hydrogen-bond donors (Lipinski definition) is 0. The Labute approximate surface area is 126 Å². The van der Waals surface area contributed by atoms with Crippen LogP contribution in [-0.2, 0) is 16.6 Å². The molecule has 0 aromatic heterocycles. The highest BCUT2D eigenvalue weighted by atomic mass is 32.2. The first-order valence-electron chi connectivity index (χ1n) is 7.20. The number of benzene rings is 2. The summed E-state index contributed by atoms with van der Waals surface area (Å²) in [5.41, 5.74) is 1.83. The fourth-order valence-corrected chi connectivity index (χ4v) is 4.41. The number of rotatable bonds is 5. The summed E-state index contributed by atoms with van der Waals surface area (Å²) in [6.07, 6.45) is 1.91. The van der Waals surface area contributed by atoms with Gasteiger partial charge in [-0.3, -0.25) is 0 Å². The molecule has 0 unspecified atom stereocenters. The average Bonchev–Trinajstić information content (AvgIpc) is 3.30. The Hall–Kier alpha value is -1.65. The molecule has 2 aromatic rings. The smallest absolute Gasteiger partial charge is 0.207 e. The molecule has 1 aliphatic carbocycles. The molecule has 110 valence electrons. The molecule has 4 heteroatoms. The van der Waals surface area contributed by atoms with Crippen LogP contribution in [0.3, 0.4) is 0 Å². The number of aryl methyl sites for hydroxylation is 1. The molecule has 0 bridgehead atoms. The van der Waals surface area contributed by atoms with Gasteiger partial charge in [0.2, 0.25) is 10.0 Å². The SMILES string of the molecule is Cc1ccccc1S(=O)(=O)N(Cc1ccccc1)C1CC1. The molecule has 3 rings (SSSR count). The molecule has 3 nitrogen and oxygen atoms in total. The maximum absolute atomic E-state index is 13.0. The van der Waals surface area contributed by atoms with Crippen LogP contribution < -0.4 is 0 Å². The van der Waals surface area contributed by atoms with Gasteiger partial charge < -0.3 is 0 Å². The minimum Gasteiger partial charge on any atom is -0.207 e. The van der Waals surface area contributed by atoms with Crippen molar-refractivity contribution in [1.29, 1.82) is 0 Å². The maximum atomic E-state index is 13.0.